The van der Waals surface area contributed by atoms with Crippen LogP contribution in [0.5, 0.6) is 34.5 Å². The number of piperazine rings is 1. The Morgan fingerprint density at radius 3 is 2.33 bits per heavy atom. The lowest BCUT2D eigenvalue weighted by Crippen LogP contribution is -2.50. The number of benzene rings is 2. The van der Waals surface area contributed by atoms with Crippen molar-refractivity contribution < 1.29 is 38.3 Å². The number of ether oxygens (including phenoxy) is 6. The van der Waals surface area contributed by atoms with Gasteiger partial charge in [-0.2, -0.15) is 0 Å². The highest BCUT2D eigenvalue weighted by Crippen LogP contribution is 2.39. The standard InChI is InChI=1S/C28H36N2O8.ClH/c1-33-24-15-20(16-25(34-2)27(24)35-3)7-8-26(32)30-11-9-29(10-12-30)17-21(18-31)19-38-23-6-4-5-22-28(23)37-14-13-36-22;/h4-8,15-16,21,31H,9-14,17-19H2,1-3H3;1H/b8-7+;. The summed E-state index contributed by atoms with van der Waals surface area (Å²) in [6.07, 6.45) is 3.31. The van der Waals surface area contributed by atoms with Gasteiger partial charge in [0, 0.05) is 44.7 Å². The maximum atomic E-state index is 12.8. The number of methoxy groups -OCH3 is 3. The zero-order valence-electron chi connectivity index (χ0n) is 22.6. The molecular formula is C28H37ClN2O8. The minimum Gasteiger partial charge on any atom is -0.493 e. The van der Waals surface area contributed by atoms with Crippen molar-refractivity contribution >= 4 is 24.4 Å². The number of aliphatic hydroxyl groups excluding tert-OH is 1. The molecule has 0 bridgehead atoms. The maximum absolute atomic E-state index is 12.8. The van der Waals surface area contributed by atoms with Gasteiger partial charge in [-0.25, -0.2) is 0 Å². The molecule has 10 nitrogen and oxygen atoms in total. The number of para-hydroxylation sites is 1. The summed E-state index contributed by atoms with van der Waals surface area (Å²) >= 11 is 0. The smallest absolute Gasteiger partial charge is 0.246 e. The fraction of sp³-hybridized carbons (Fsp3) is 0.464. The molecule has 2 aliphatic heterocycles. The lowest BCUT2D eigenvalue weighted by molar-refractivity contribution is -0.127. The molecule has 1 fully saturated rings. The molecule has 2 aromatic rings. The van der Waals surface area contributed by atoms with Crippen molar-refractivity contribution in [1.29, 1.82) is 0 Å². The lowest BCUT2D eigenvalue weighted by Gasteiger charge is -2.35. The van der Waals surface area contributed by atoms with Gasteiger partial charge in [0.1, 0.15) is 13.2 Å². The van der Waals surface area contributed by atoms with Crippen molar-refractivity contribution in [2.45, 2.75) is 0 Å². The maximum Gasteiger partial charge on any atom is 0.246 e. The number of amides is 1. The molecule has 11 heteroatoms. The van der Waals surface area contributed by atoms with Crippen LogP contribution in [0.1, 0.15) is 5.56 Å². The van der Waals surface area contributed by atoms with Gasteiger partial charge in [-0.05, 0) is 35.9 Å². The quantitative estimate of drug-likeness (QED) is 0.413. The van der Waals surface area contributed by atoms with Gasteiger partial charge in [-0.3, -0.25) is 9.69 Å². The third kappa shape index (κ3) is 7.62. The molecule has 1 saturated heterocycles. The van der Waals surface area contributed by atoms with Crippen LogP contribution in [0.15, 0.2) is 36.4 Å². The van der Waals surface area contributed by atoms with Gasteiger partial charge in [0.2, 0.25) is 17.4 Å². The fourth-order valence-corrected chi connectivity index (χ4v) is 4.52. The van der Waals surface area contributed by atoms with Crippen LogP contribution in [0.25, 0.3) is 6.08 Å². The van der Waals surface area contributed by atoms with Crippen LogP contribution >= 0.6 is 12.4 Å². The van der Waals surface area contributed by atoms with Crippen LogP contribution in [-0.2, 0) is 4.79 Å². The molecule has 1 amide bonds. The summed E-state index contributed by atoms with van der Waals surface area (Å²) in [6.45, 7) is 4.68. The first-order valence-corrected chi connectivity index (χ1v) is 12.7. The molecule has 2 aromatic carbocycles. The van der Waals surface area contributed by atoms with Crippen molar-refractivity contribution in [2.75, 3.05) is 80.5 Å². The van der Waals surface area contributed by atoms with Crippen molar-refractivity contribution in [3.8, 4) is 34.5 Å². The molecule has 1 unspecified atom stereocenters. The normalized spacial score (nSPS) is 15.8. The molecule has 214 valence electrons. The number of carbonyl (C=O) groups is 1. The van der Waals surface area contributed by atoms with E-state index < -0.39 is 0 Å². The Kier molecular flexibility index (Phi) is 11.4. The molecule has 39 heavy (non-hydrogen) atoms. The summed E-state index contributed by atoms with van der Waals surface area (Å²) in [5, 5.41) is 9.94. The van der Waals surface area contributed by atoms with E-state index in [1.807, 2.05) is 23.1 Å². The van der Waals surface area contributed by atoms with E-state index in [2.05, 4.69) is 4.90 Å². The third-order valence-electron chi connectivity index (χ3n) is 6.57. The zero-order valence-corrected chi connectivity index (χ0v) is 23.4. The van der Waals surface area contributed by atoms with Crippen LogP contribution in [0.4, 0.5) is 0 Å². The number of fused-ring (bicyclic) bond motifs is 1. The predicted octanol–water partition coefficient (Wildman–Crippen LogP) is 2.75. The average molecular weight is 565 g/mol. The molecule has 2 heterocycles. The van der Waals surface area contributed by atoms with Gasteiger partial charge in [0.05, 0.1) is 34.5 Å². The van der Waals surface area contributed by atoms with Crippen molar-refractivity contribution in [1.82, 2.24) is 9.80 Å². The highest BCUT2D eigenvalue weighted by Gasteiger charge is 2.23. The predicted molar refractivity (Wildman–Crippen MR) is 149 cm³/mol. The van der Waals surface area contributed by atoms with E-state index in [4.69, 9.17) is 28.4 Å². The second-order valence-corrected chi connectivity index (χ2v) is 9.06. The van der Waals surface area contributed by atoms with E-state index in [0.29, 0.717) is 74.0 Å². The summed E-state index contributed by atoms with van der Waals surface area (Å²) in [7, 11) is 4.66. The molecule has 4 rings (SSSR count). The summed E-state index contributed by atoms with van der Waals surface area (Å²) in [4.78, 5) is 16.9. The molecule has 0 aromatic heterocycles. The van der Waals surface area contributed by atoms with Crippen LogP contribution in [0, 0.1) is 5.92 Å². The molecule has 0 aliphatic carbocycles. The highest BCUT2D eigenvalue weighted by atomic mass is 35.5. The molecule has 1 atom stereocenters. The van der Waals surface area contributed by atoms with Crippen molar-refractivity contribution in [2.24, 2.45) is 5.92 Å². The minimum absolute atomic E-state index is 0. The monoisotopic (exact) mass is 564 g/mol. The van der Waals surface area contributed by atoms with Crippen LogP contribution in [0.3, 0.4) is 0 Å². The first kappa shape index (κ1) is 30.2. The number of hydrogen-bond donors (Lipinski definition) is 1. The zero-order chi connectivity index (χ0) is 26.9. The van der Waals surface area contributed by atoms with Gasteiger partial charge in [0.15, 0.2) is 23.0 Å². The van der Waals surface area contributed by atoms with E-state index in [1.165, 1.54) is 0 Å². The summed E-state index contributed by atoms with van der Waals surface area (Å²) < 4.78 is 33.4. The largest absolute Gasteiger partial charge is 0.493 e. The second-order valence-electron chi connectivity index (χ2n) is 9.06. The molecular weight excluding hydrogens is 528 g/mol. The average Bonchev–Trinajstić information content (AvgIpc) is 2.97. The SMILES string of the molecule is COc1cc(/C=C/C(=O)N2CCN(CC(CO)COc3cccc4c3OCCO4)CC2)cc(OC)c1OC.Cl. The Morgan fingerprint density at radius 2 is 1.69 bits per heavy atom. The summed E-state index contributed by atoms with van der Waals surface area (Å²) in [5.74, 6) is 3.35. The third-order valence-corrected chi connectivity index (χ3v) is 6.57. The number of halogens is 1. The Bertz CT molecular complexity index is 1100. The Hall–Kier alpha value is -3.34. The van der Waals surface area contributed by atoms with Crippen molar-refractivity contribution in [3.63, 3.8) is 0 Å². The first-order valence-electron chi connectivity index (χ1n) is 12.7. The highest BCUT2D eigenvalue weighted by molar-refractivity contribution is 5.92. The molecule has 1 N–H and O–H groups in total. The number of nitrogens with zero attached hydrogens (tertiary/aromatic N) is 2. The molecule has 2 aliphatic rings. The van der Waals surface area contributed by atoms with Gasteiger partial charge in [0.25, 0.3) is 0 Å². The van der Waals surface area contributed by atoms with E-state index in [0.717, 1.165) is 18.7 Å². The Labute approximate surface area is 235 Å². The van der Waals surface area contributed by atoms with Gasteiger partial charge in [-0.15, -0.1) is 12.4 Å². The minimum atomic E-state index is -0.0717. The molecule has 0 spiro atoms. The number of rotatable bonds is 11. The van der Waals surface area contributed by atoms with Crippen LogP contribution in [0.2, 0.25) is 0 Å². The topological polar surface area (TPSA) is 99.2 Å². The van der Waals surface area contributed by atoms with Gasteiger partial charge < -0.3 is 38.4 Å². The van der Waals surface area contributed by atoms with Crippen molar-refractivity contribution in [3.05, 3.63) is 42.0 Å². The van der Waals surface area contributed by atoms with Gasteiger partial charge in [-0.1, -0.05) is 6.07 Å². The van der Waals surface area contributed by atoms with E-state index in [9.17, 15) is 9.90 Å². The Balaban J connectivity index is 0.00000420. The summed E-state index contributed by atoms with van der Waals surface area (Å²) in [6, 6.07) is 9.15. The number of aliphatic hydroxyl groups is 1. The van der Waals surface area contributed by atoms with E-state index in [1.54, 1.807) is 45.6 Å². The Morgan fingerprint density at radius 1 is 1.00 bits per heavy atom. The number of carbonyl (C=O) groups excluding carboxylic acids is 1. The fourth-order valence-electron chi connectivity index (χ4n) is 4.52. The van der Waals surface area contributed by atoms with Crippen LogP contribution in [-0.4, -0.2) is 101 Å². The second kappa shape index (κ2) is 14.7. The van der Waals surface area contributed by atoms with E-state index in [-0.39, 0.29) is 30.8 Å². The van der Waals surface area contributed by atoms with Gasteiger partial charge >= 0.3 is 0 Å². The molecule has 0 saturated carbocycles. The first-order chi connectivity index (χ1) is 18.6. The number of hydrogen-bond acceptors (Lipinski definition) is 9. The van der Waals surface area contributed by atoms with E-state index >= 15 is 0 Å². The lowest BCUT2D eigenvalue weighted by atomic mass is 10.1. The van der Waals surface area contributed by atoms with Crippen LogP contribution < -0.4 is 28.4 Å². The molecule has 0 radical (unpaired) electrons. The summed E-state index contributed by atoms with van der Waals surface area (Å²) in [5.41, 5.74) is 0.772.